The van der Waals surface area contributed by atoms with Gasteiger partial charge in [0.2, 0.25) is 0 Å². The van der Waals surface area contributed by atoms with Crippen LogP contribution in [0.4, 0.5) is 15.0 Å². The molecule has 2 saturated heterocycles. The molecule has 1 aromatic carbocycles. The van der Waals surface area contributed by atoms with E-state index in [4.69, 9.17) is 10.00 Å². The molecule has 0 radical (unpaired) electrons. The zero-order chi connectivity index (χ0) is 22.8. The first-order valence-corrected chi connectivity index (χ1v) is 11.3. The number of nitriles is 1. The van der Waals surface area contributed by atoms with E-state index in [0.29, 0.717) is 24.4 Å². The number of hydrogen-bond donors (Lipinski definition) is 1. The quantitative estimate of drug-likeness (QED) is 0.659. The topological polar surface area (TPSA) is 106 Å². The van der Waals surface area contributed by atoms with E-state index in [0.717, 1.165) is 19.4 Å². The van der Waals surface area contributed by atoms with E-state index in [2.05, 4.69) is 36.9 Å². The lowest BCUT2D eigenvalue weighted by Gasteiger charge is -2.39. The molecule has 0 unspecified atom stereocenters. The van der Waals surface area contributed by atoms with Crippen molar-refractivity contribution in [2.75, 3.05) is 44.7 Å². The van der Waals surface area contributed by atoms with Gasteiger partial charge in [0, 0.05) is 31.1 Å². The molecule has 9 nitrogen and oxygen atoms in total. The highest BCUT2D eigenvalue weighted by molar-refractivity contribution is 9.10. The molecule has 0 spiro atoms. The summed E-state index contributed by atoms with van der Waals surface area (Å²) in [7, 11) is 2.04. The van der Waals surface area contributed by atoms with Gasteiger partial charge in [0.1, 0.15) is 17.9 Å². The fraction of sp³-hybridized carbons (Fsp3) is 0.524. The molecule has 11 heteroatoms. The van der Waals surface area contributed by atoms with Gasteiger partial charge in [-0.25, -0.2) is 9.18 Å². The number of likely N-dealkylation sites (N-methyl/N-ethyl adjacent to an activating group) is 1. The van der Waals surface area contributed by atoms with Crippen LogP contribution in [-0.4, -0.2) is 82.9 Å². The SMILES string of the molecule is CN1CCC[C@H]1COc1nc(N2CCN(C(=O)O)[C@@H](CC#N)C2)c2ccc(Br)c(F)c2n1. The van der Waals surface area contributed by atoms with E-state index in [1.54, 1.807) is 12.1 Å². The van der Waals surface area contributed by atoms with Crippen molar-refractivity contribution in [2.45, 2.75) is 31.3 Å². The molecule has 32 heavy (non-hydrogen) atoms. The average molecular weight is 507 g/mol. The number of carboxylic acid groups (broad SMARTS) is 1. The van der Waals surface area contributed by atoms with Crippen LogP contribution < -0.4 is 9.64 Å². The van der Waals surface area contributed by atoms with Gasteiger partial charge in [0.25, 0.3) is 0 Å². The maximum atomic E-state index is 14.9. The summed E-state index contributed by atoms with van der Waals surface area (Å²) in [5.74, 6) is -0.0316. The molecule has 1 N–H and O–H groups in total. The van der Waals surface area contributed by atoms with Gasteiger partial charge in [0.05, 0.1) is 23.0 Å². The van der Waals surface area contributed by atoms with Crippen LogP contribution in [0.1, 0.15) is 19.3 Å². The Morgan fingerprint density at radius 1 is 1.34 bits per heavy atom. The minimum Gasteiger partial charge on any atom is -0.465 e. The van der Waals surface area contributed by atoms with Gasteiger partial charge in [-0.15, -0.1) is 0 Å². The van der Waals surface area contributed by atoms with Crippen LogP contribution in [0.5, 0.6) is 6.01 Å². The van der Waals surface area contributed by atoms with E-state index >= 15 is 0 Å². The van der Waals surface area contributed by atoms with E-state index in [9.17, 15) is 14.3 Å². The summed E-state index contributed by atoms with van der Waals surface area (Å²) < 4.78 is 21.1. The third-order valence-electron chi connectivity index (χ3n) is 6.15. The molecule has 4 rings (SSSR count). The number of benzene rings is 1. The Morgan fingerprint density at radius 3 is 2.84 bits per heavy atom. The lowest BCUT2D eigenvalue weighted by Crippen LogP contribution is -2.55. The smallest absolute Gasteiger partial charge is 0.407 e. The third-order valence-corrected chi connectivity index (χ3v) is 6.76. The van der Waals surface area contributed by atoms with Gasteiger partial charge in [-0.3, -0.25) is 0 Å². The number of ether oxygens (including phenoxy) is 1. The summed E-state index contributed by atoms with van der Waals surface area (Å²) in [4.78, 5) is 25.9. The molecule has 170 valence electrons. The van der Waals surface area contributed by atoms with Crippen molar-refractivity contribution in [3.05, 3.63) is 22.4 Å². The van der Waals surface area contributed by atoms with Crippen molar-refractivity contribution in [3.8, 4) is 12.1 Å². The molecule has 2 aliphatic rings. The van der Waals surface area contributed by atoms with Crippen molar-refractivity contribution in [3.63, 3.8) is 0 Å². The second-order valence-electron chi connectivity index (χ2n) is 8.11. The Balaban J connectivity index is 1.68. The van der Waals surface area contributed by atoms with Crippen LogP contribution in [0.25, 0.3) is 10.9 Å². The third kappa shape index (κ3) is 4.42. The minimum absolute atomic E-state index is 0.0586. The highest BCUT2D eigenvalue weighted by atomic mass is 79.9. The predicted octanol–water partition coefficient (Wildman–Crippen LogP) is 3.09. The number of hydrogen-bond acceptors (Lipinski definition) is 7. The van der Waals surface area contributed by atoms with Crippen molar-refractivity contribution in [1.29, 1.82) is 5.26 Å². The van der Waals surface area contributed by atoms with E-state index in [1.807, 2.05) is 11.9 Å². The Bertz CT molecular complexity index is 1060. The number of halogens is 2. The van der Waals surface area contributed by atoms with Crippen LogP contribution in [0.15, 0.2) is 16.6 Å². The van der Waals surface area contributed by atoms with Gasteiger partial charge >= 0.3 is 12.1 Å². The van der Waals surface area contributed by atoms with Crippen LogP contribution in [0.3, 0.4) is 0 Å². The minimum atomic E-state index is -1.06. The van der Waals surface area contributed by atoms with Gasteiger partial charge in [-0.2, -0.15) is 15.2 Å². The predicted molar refractivity (Wildman–Crippen MR) is 119 cm³/mol. The lowest BCUT2D eigenvalue weighted by molar-refractivity contribution is 0.119. The van der Waals surface area contributed by atoms with E-state index < -0.39 is 18.0 Å². The molecule has 2 fully saturated rings. The van der Waals surface area contributed by atoms with Gasteiger partial charge in [-0.1, -0.05) is 0 Å². The normalized spacial score (nSPS) is 21.7. The molecule has 0 bridgehead atoms. The second kappa shape index (κ2) is 9.42. The summed E-state index contributed by atoms with van der Waals surface area (Å²) in [5, 5.41) is 19.1. The van der Waals surface area contributed by atoms with Crippen LogP contribution >= 0.6 is 15.9 Å². The van der Waals surface area contributed by atoms with Crippen molar-refractivity contribution >= 4 is 38.7 Å². The van der Waals surface area contributed by atoms with Gasteiger partial charge in [-0.05, 0) is 54.5 Å². The fourth-order valence-corrected chi connectivity index (χ4v) is 4.67. The molecule has 3 heterocycles. The first kappa shape index (κ1) is 22.5. The molecular weight excluding hydrogens is 483 g/mol. The molecular formula is C21H24BrFN6O3. The number of aromatic nitrogens is 2. The number of fused-ring (bicyclic) bond motifs is 1. The highest BCUT2D eigenvalue weighted by Gasteiger charge is 2.32. The van der Waals surface area contributed by atoms with Crippen molar-refractivity contribution in [2.24, 2.45) is 0 Å². The average Bonchev–Trinajstić information content (AvgIpc) is 3.19. The summed E-state index contributed by atoms with van der Waals surface area (Å²) in [5.41, 5.74) is 0.136. The first-order valence-electron chi connectivity index (χ1n) is 10.5. The molecule has 2 aliphatic heterocycles. The molecule has 2 atom stereocenters. The maximum Gasteiger partial charge on any atom is 0.407 e. The zero-order valence-corrected chi connectivity index (χ0v) is 19.3. The molecule has 1 aromatic heterocycles. The molecule has 0 aliphatic carbocycles. The molecule has 2 aromatic rings. The fourth-order valence-electron chi connectivity index (χ4n) is 4.35. The van der Waals surface area contributed by atoms with Crippen LogP contribution in [0, 0.1) is 17.1 Å². The number of carbonyl (C=O) groups is 1. The highest BCUT2D eigenvalue weighted by Crippen LogP contribution is 2.33. The first-order chi connectivity index (χ1) is 15.4. The van der Waals surface area contributed by atoms with Crippen LogP contribution in [0.2, 0.25) is 0 Å². The van der Waals surface area contributed by atoms with Crippen molar-refractivity contribution in [1.82, 2.24) is 19.8 Å². The van der Waals surface area contributed by atoms with Gasteiger partial charge < -0.3 is 24.5 Å². The van der Waals surface area contributed by atoms with Crippen LogP contribution in [-0.2, 0) is 0 Å². The number of rotatable bonds is 5. The summed E-state index contributed by atoms with van der Waals surface area (Å²) in [6, 6.07) is 5.22. The molecule has 0 saturated carbocycles. The summed E-state index contributed by atoms with van der Waals surface area (Å²) in [6.45, 7) is 2.26. The zero-order valence-electron chi connectivity index (χ0n) is 17.7. The lowest BCUT2D eigenvalue weighted by atomic mass is 10.1. The Morgan fingerprint density at radius 2 is 2.16 bits per heavy atom. The Hall–Kier alpha value is -2.71. The largest absolute Gasteiger partial charge is 0.465 e. The Kier molecular flexibility index (Phi) is 6.62. The summed E-state index contributed by atoms with van der Waals surface area (Å²) >= 11 is 3.21. The number of amides is 1. The number of piperazine rings is 1. The van der Waals surface area contributed by atoms with E-state index in [-0.39, 0.29) is 41.6 Å². The van der Waals surface area contributed by atoms with Crippen molar-refractivity contribution < 1.29 is 19.0 Å². The molecule has 1 amide bonds. The maximum absolute atomic E-state index is 14.9. The van der Waals surface area contributed by atoms with E-state index in [1.165, 1.54) is 4.90 Å². The standard InChI is InChI=1S/C21H24BrFN6O3/c1-27-8-2-3-14(27)12-32-20-25-18-15(4-5-16(22)17(18)23)19(26-20)28-9-10-29(21(30)31)13(11-28)6-7-24/h4-5,13-14H,2-3,6,8-12H2,1H3,(H,30,31)/t13-,14-/m0/s1. The second-order valence-corrected chi connectivity index (χ2v) is 8.97. The Labute approximate surface area is 193 Å². The number of anilines is 1. The number of likely N-dealkylation sites (tertiary alicyclic amines) is 1. The monoisotopic (exact) mass is 506 g/mol. The summed E-state index contributed by atoms with van der Waals surface area (Å²) in [6.07, 6.45) is 1.12. The number of nitrogens with zero attached hydrogens (tertiary/aromatic N) is 6. The van der Waals surface area contributed by atoms with Gasteiger partial charge in [0.15, 0.2) is 5.82 Å².